The third-order valence-corrected chi connectivity index (χ3v) is 1.99. The summed E-state index contributed by atoms with van der Waals surface area (Å²) >= 11 is 0. The van der Waals surface area contributed by atoms with E-state index in [0.717, 1.165) is 0 Å². The highest BCUT2D eigenvalue weighted by Crippen LogP contribution is 1.92. The number of rotatable bonds is 2. The fourth-order valence-electron chi connectivity index (χ4n) is 0.413. The van der Waals surface area contributed by atoms with Gasteiger partial charge >= 0.3 is 6.16 Å². The van der Waals surface area contributed by atoms with Crippen LogP contribution in [0.25, 0.3) is 0 Å². The van der Waals surface area contributed by atoms with E-state index in [2.05, 4.69) is 0 Å². The van der Waals surface area contributed by atoms with Crippen LogP contribution in [0.3, 0.4) is 0 Å². The lowest BCUT2D eigenvalue weighted by atomic mass is 11.5. The highest BCUT2D eigenvalue weighted by molar-refractivity contribution is 6.53. The molecular weight excluding hydrogens is 164 g/mol. The average molecular weight is 178 g/mol. The summed E-state index contributed by atoms with van der Waals surface area (Å²) in [7, 11) is -2.48. The Kier molecular flexibility index (Phi) is 4.38. The van der Waals surface area contributed by atoms with Crippen molar-refractivity contribution in [3.63, 3.8) is 0 Å². The van der Waals surface area contributed by atoms with Gasteiger partial charge in [-0.05, 0) is 26.2 Å². The van der Waals surface area contributed by atoms with Gasteiger partial charge < -0.3 is 8.85 Å². The van der Waals surface area contributed by atoms with Crippen molar-refractivity contribution < 1.29 is 13.6 Å². The van der Waals surface area contributed by atoms with E-state index in [0.29, 0.717) is 0 Å². The molecule has 3 nitrogen and oxygen atoms in total. The molecule has 0 saturated carbocycles. The zero-order valence-corrected chi connectivity index (χ0v) is 9.19. The van der Waals surface area contributed by atoms with E-state index in [1.165, 1.54) is 0 Å². The summed E-state index contributed by atoms with van der Waals surface area (Å²) in [6, 6.07) is 0. The molecule has 0 radical (unpaired) electrons. The Hall–Kier alpha value is -0.296. The summed E-state index contributed by atoms with van der Waals surface area (Å²) in [4.78, 5) is 10.7. The molecule has 0 aliphatic rings. The molecule has 0 spiro atoms. The zero-order valence-electron chi connectivity index (χ0n) is 6.88. The highest BCUT2D eigenvalue weighted by Gasteiger charge is 2.08. The topological polar surface area (TPSA) is 35.5 Å². The van der Waals surface area contributed by atoms with E-state index in [-0.39, 0.29) is 0 Å². The van der Waals surface area contributed by atoms with Crippen molar-refractivity contribution in [2.75, 3.05) is 0 Å². The Labute approximate surface area is 64.8 Å². The fraction of sp³-hybridized carbons (Fsp3) is 0.800. The van der Waals surface area contributed by atoms with Crippen molar-refractivity contribution >= 4 is 24.2 Å². The summed E-state index contributed by atoms with van der Waals surface area (Å²) in [5.41, 5.74) is 0. The highest BCUT2D eigenvalue weighted by atomic mass is 28.3. The molecule has 0 saturated heterocycles. The van der Waals surface area contributed by atoms with Gasteiger partial charge in [-0.3, -0.25) is 0 Å². The molecule has 0 unspecified atom stereocenters. The minimum absolute atomic E-state index is 0.469. The SMILES string of the molecule is C[SiH](C)OC(=O)O[SiH](C)C. The molecule has 0 fully saturated rings. The van der Waals surface area contributed by atoms with E-state index in [1.807, 2.05) is 26.2 Å². The Morgan fingerprint density at radius 1 is 1.00 bits per heavy atom. The van der Waals surface area contributed by atoms with Crippen LogP contribution in [0.1, 0.15) is 0 Å². The lowest BCUT2D eigenvalue weighted by Gasteiger charge is -2.09. The Bertz CT molecular complexity index is 101. The van der Waals surface area contributed by atoms with Gasteiger partial charge in [0.2, 0.25) is 18.1 Å². The second-order valence-corrected chi connectivity index (χ2v) is 7.25. The number of hydrogen-bond donors (Lipinski definition) is 0. The minimum atomic E-state index is -1.24. The molecule has 0 aromatic rings. The van der Waals surface area contributed by atoms with E-state index in [1.54, 1.807) is 0 Å². The lowest BCUT2D eigenvalue weighted by Crippen LogP contribution is -2.21. The largest absolute Gasteiger partial charge is 0.493 e. The van der Waals surface area contributed by atoms with Crippen molar-refractivity contribution in [2.45, 2.75) is 26.2 Å². The van der Waals surface area contributed by atoms with Crippen molar-refractivity contribution in [1.29, 1.82) is 0 Å². The number of hydrogen-bond acceptors (Lipinski definition) is 3. The lowest BCUT2D eigenvalue weighted by molar-refractivity contribution is 0.153. The molecule has 0 aliphatic carbocycles. The van der Waals surface area contributed by atoms with Gasteiger partial charge in [0.05, 0.1) is 0 Å². The minimum Gasteiger partial charge on any atom is -0.493 e. The van der Waals surface area contributed by atoms with E-state index in [4.69, 9.17) is 8.85 Å². The summed E-state index contributed by atoms with van der Waals surface area (Å²) in [5.74, 6) is 0. The average Bonchev–Trinajstić information content (AvgIpc) is 1.58. The first-order valence-corrected chi connectivity index (χ1v) is 8.95. The maximum Gasteiger partial charge on any atom is 0.480 e. The van der Waals surface area contributed by atoms with Crippen LogP contribution in [0.5, 0.6) is 0 Å². The normalized spacial score (nSPS) is 10.2. The van der Waals surface area contributed by atoms with Crippen LogP contribution in [0.4, 0.5) is 4.79 Å². The molecule has 0 bridgehead atoms. The van der Waals surface area contributed by atoms with Gasteiger partial charge in [-0.25, -0.2) is 4.79 Å². The van der Waals surface area contributed by atoms with Crippen molar-refractivity contribution in [2.24, 2.45) is 0 Å². The van der Waals surface area contributed by atoms with Crippen LogP contribution in [0, 0.1) is 0 Å². The molecule has 0 atom stereocenters. The predicted octanol–water partition coefficient (Wildman–Crippen LogP) is 1.11. The molecule has 0 aliphatic heterocycles. The molecule has 60 valence electrons. The number of carbonyl (C=O) groups excluding carboxylic acids is 1. The van der Waals surface area contributed by atoms with Crippen LogP contribution in [0.2, 0.25) is 26.2 Å². The van der Waals surface area contributed by atoms with Crippen molar-refractivity contribution in [3.8, 4) is 0 Å². The molecule has 0 aromatic carbocycles. The van der Waals surface area contributed by atoms with Crippen molar-refractivity contribution in [1.82, 2.24) is 0 Å². The third kappa shape index (κ3) is 5.83. The number of carbonyl (C=O) groups is 1. The second-order valence-electron chi connectivity index (χ2n) is 2.58. The van der Waals surface area contributed by atoms with Crippen LogP contribution < -0.4 is 0 Å². The van der Waals surface area contributed by atoms with Gasteiger partial charge in [-0.2, -0.15) is 0 Å². The summed E-state index contributed by atoms with van der Waals surface area (Å²) < 4.78 is 9.75. The van der Waals surface area contributed by atoms with Crippen molar-refractivity contribution in [3.05, 3.63) is 0 Å². The predicted molar refractivity (Wildman–Crippen MR) is 45.3 cm³/mol. The Morgan fingerprint density at radius 2 is 1.30 bits per heavy atom. The monoisotopic (exact) mass is 178 g/mol. The zero-order chi connectivity index (χ0) is 8.15. The summed E-state index contributed by atoms with van der Waals surface area (Å²) in [6.07, 6.45) is -0.469. The van der Waals surface area contributed by atoms with Gasteiger partial charge in [0, 0.05) is 0 Å². The summed E-state index contributed by atoms with van der Waals surface area (Å²) in [5, 5.41) is 0. The Balaban J connectivity index is 3.44. The van der Waals surface area contributed by atoms with Crippen LogP contribution in [-0.4, -0.2) is 24.2 Å². The first-order chi connectivity index (χ1) is 4.52. The molecular formula is C5H14O3Si2. The standard InChI is InChI=1S/C5H14O3Si2/c1-9(2)7-5(6)8-10(3)4/h9-10H,1-4H3. The maximum absolute atomic E-state index is 10.7. The molecule has 0 amide bonds. The van der Waals surface area contributed by atoms with E-state index >= 15 is 0 Å². The Morgan fingerprint density at radius 3 is 1.50 bits per heavy atom. The van der Waals surface area contributed by atoms with Gasteiger partial charge in [0.15, 0.2) is 0 Å². The van der Waals surface area contributed by atoms with Crippen LogP contribution >= 0.6 is 0 Å². The van der Waals surface area contributed by atoms with Gasteiger partial charge in [0.25, 0.3) is 0 Å². The molecule has 0 rings (SSSR count). The molecule has 10 heavy (non-hydrogen) atoms. The van der Waals surface area contributed by atoms with Crippen LogP contribution in [0.15, 0.2) is 0 Å². The van der Waals surface area contributed by atoms with Gasteiger partial charge in [-0.1, -0.05) is 0 Å². The smallest absolute Gasteiger partial charge is 0.480 e. The first kappa shape index (κ1) is 9.70. The first-order valence-electron chi connectivity index (χ1n) is 3.39. The maximum atomic E-state index is 10.7. The molecule has 0 aromatic heterocycles. The van der Waals surface area contributed by atoms with Gasteiger partial charge in [-0.15, -0.1) is 0 Å². The molecule has 0 heterocycles. The van der Waals surface area contributed by atoms with E-state index in [9.17, 15) is 4.79 Å². The van der Waals surface area contributed by atoms with Gasteiger partial charge in [0.1, 0.15) is 0 Å². The van der Waals surface area contributed by atoms with E-state index < -0.39 is 24.2 Å². The second kappa shape index (κ2) is 4.51. The molecule has 5 heteroatoms. The third-order valence-electron chi connectivity index (χ3n) is 0.664. The summed E-state index contributed by atoms with van der Waals surface area (Å²) in [6.45, 7) is 7.73. The van der Waals surface area contributed by atoms with Crippen LogP contribution in [-0.2, 0) is 8.85 Å². The molecule has 0 N–H and O–H groups in total. The fourth-order valence-corrected chi connectivity index (χ4v) is 1.40. The quantitative estimate of drug-likeness (QED) is 0.594.